The number of H-pyrrole nitrogens is 2. The van der Waals surface area contributed by atoms with Crippen LogP contribution in [0.3, 0.4) is 0 Å². The Balaban J connectivity index is 0.748. The van der Waals surface area contributed by atoms with Gasteiger partial charge < -0.3 is 44.5 Å². The average molecular weight is 1140 g/mol. The van der Waals surface area contributed by atoms with Crippen molar-refractivity contribution in [3.05, 3.63) is 220 Å². The van der Waals surface area contributed by atoms with E-state index in [2.05, 4.69) is 20.6 Å². The zero-order valence-corrected chi connectivity index (χ0v) is 44.7. The molecular weight excluding hydrogens is 1100 g/mol. The van der Waals surface area contributed by atoms with E-state index >= 15 is 0 Å². The Morgan fingerprint density at radius 1 is 0.530 bits per heavy atom. The number of rotatable bonds is 20. The van der Waals surface area contributed by atoms with Gasteiger partial charge in [0.05, 0.1) is 57.4 Å². The van der Waals surface area contributed by atoms with E-state index in [1.165, 1.54) is 36.4 Å². The van der Waals surface area contributed by atoms with Crippen molar-refractivity contribution < 1.29 is 57.5 Å². The number of hydrogen-bond donors (Lipinski definition) is 7. The summed E-state index contributed by atoms with van der Waals surface area (Å²) in [6.45, 7) is 0.518. The normalized spacial score (nSPS) is 11.6. The predicted octanol–water partition coefficient (Wildman–Crippen LogP) is 5.07. The topological polar surface area (TPSA) is 341 Å². The number of benzene rings is 4. The second-order valence-electron chi connectivity index (χ2n) is 19.0. The van der Waals surface area contributed by atoms with Gasteiger partial charge in [0.25, 0.3) is 22.9 Å². The molecule has 10 aromatic rings. The first kappa shape index (κ1) is 55.9. The van der Waals surface area contributed by atoms with Crippen LogP contribution in [-0.4, -0.2) is 105 Å². The van der Waals surface area contributed by atoms with Crippen molar-refractivity contribution in [1.29, 1.82) is 0 Å². The summed E-state index contributed by atoms with van der Waals surface area (Å²) in [5.74, 6) is -4.75. The molecule has 4 aromatic carbocycles. The van der Waals surface area contributed by atoms with Gasteiger partial charge in [-0.3, -0.25) is 47.4 Å². The number of phosphoric ester groups is 1. The number of aromatic amines is 2. The molecule has 0 saturated heterocycles. The number of carbonyl (C=O) groups excluding carboxylic acids is 4. The second-order valence-corrected chi connectivity index (χ2v) is 20.5. The maximum atomic E-state index is 14.2. The molecule has 24 nitrogen and oxygen atoms in total. The molecule has 7 N–H and O–H groups in total. The highest BCUT2D eigenvalue weighted by Crippen LogP contribution is 2.43. The van der Waals surface area contributed by atoms with E-state index in [0.717, 1.165) is 0 Å². The molecule has 0 aliphatic carbocycles. The van der Waals surface area contributed by atoms with Gasteiger partial charge in [0.15, 0.2) is 0 Å². The van der Waals surface area contributed by atoms with E-state index < -0.39 is 91.9 Å². The molecule has 0 fully saturated rings. The summed E-state index contributed by atoms with van der Waals surface area (Å²) in [6.07, 6.45) is 3.39. The highest BCUT2D eigenvalue weighted by atomic mass is 31.2. The van der Waals surface area contributed by atoms with E-state index in [0.29, 0.717) is 53.5 Å². The number of fused-ring (bicyclic) bond motifs is 4. The molecule has 0 atom stereocenters. The summed E-state index contributed by atoms with van der Waals surface area (Å²) in [4.78, 5) is 144. The molecule has 6 aromatic heterocycles. The van der Waals surface area contributed by atoms with Gasteiger partial charge in [-0.15, -0.1) is 0 Å². The third-order valence-electron chi connectivity index (χ3n) is 13.8. The van der Waals surface area contributed by atoms with Crippen LogP contribution in [0.1, 0.15) is 63.9 Å². The number of nitrogens with zero attached hydrogens (tertiary/aromatic N) is 4. The summed E-state index contributed by atoms with van der Waals surface area (Å²) in [6, 6.07) is 32.0. The summed E-state index contributed by atoms with van der Waals surface area (Å²) >= 11 is 0. The Morgan fingerprint density at radius 2 is 0.940 bits per heavy atom. The van der Waals surface area contributed by atoms with Crippen molar-refractivity contribution in [3.63, 3.8) is 0 Å². The Hall–Kier alpha value is -10.4. The molecule has 25 heteroatoms. The lowest BCUT2D eigenvalue weighted by atomic mass is 9.97. The Labute approximate surface area is 466 Å². The highest BCUT2D eigenvalue weighted by Gasteiger charge is 2.27. The van der Waals surface area contributed by atoms with Gasteiger partial charge in [-0.1, -0.05) is 48.5 Å². The van der Waals surface area contributed by atoms with Crippen LogP contribution >= 0.6 is 7.82 Å². The molecule has 0 unspecified atom stereocenters. The van der Waals surface area contributed by atoms with Gasteiger partial charge in [-0.25, -0.2) is 23.3 Å². The van der Waals surface area contributed by atoms with Crippen molar-refractivity contribution in [2.24, 2.45) is 0 Å². The fraction of sp³-hybridized carbons (Fsp3) is 0.138. The number of aromatic nitrogens is 6. The lowest BCUT2D eigenvalue weighted by Crippen LogP contribution is -2.37. The molecule has 0 aliphatic rings. The Kier molecular flexibility index (Phi) is 15.2. The number of carbonyl (C=O) groups is 6. The van der Waals surface area contributed by atoms with Gasteiger partial charge in [0.2, 0.25) is 11.6 Å². The van der Waals surface area contributed by atoms with Crippen molar-refractivity contribution in [2.45, 2.75) is 26.9 Å². The first-order valence-corrected chi connectivity index (χ1v) is 26.9. The van der Waals surface area contributed by atoms with Crippen LogP contribution < -0.4 is 33.1 Å². The molecule has 0 spiro atoms. The third-order valence-corrected chi connectivity index (χ3v) is 14.8. The van der Waals surface area contributed by atoms with E-state index in [4.69, 9.17) is 19.3 Å². The van der Waals surface area contributed by atoms with E-state index in [1.54, 1.807) is 120 Å². The first-order chi connectivity index (χ1) is 39.7. The number of ketones is 2. The second kappa shape index (κ2) is 22.6. The first-order valence-electron chi connectivity index (χ1n) is 25.4. The van der Waals surface area contributed by atoms with E-state index in [-0.39, 0.29) is 68.5 Å². The Morgan fingerprint density at radius 3 is 1.34 bits per heavy atom. The van der Waals surface area contributed by atoms with Crippen molar-refractivity contribution in [3.8, 4) is 22.3 Å². The van der Waals surface area contributed by atoms with Gasteiger partial charge in [0.1, 0.15) is 13.1 Å². The van der Waals surface area contributed by atoms with E-state index in [1.807, 2.05) is 0 Å². The number of pyridine rings is 2. The maximum absolute atomic E-state index is 14.2. The fourth-order valence-corrected chi connectivity index (χ4v) is 10.8. The smallest absolute Gasteiger partial charge is 0.472 e. The number of carboxylic acids is 2. The molecular formula is C58H47N8O16P. The van der Waals surface area contributed by atoms with Crippen LogP contribution in [0.25, 0.3) is 55.1 Å². The zero-order valence-electron chi connectivity index (χ0n) is 43.8. The number of amides is 2. The number of phosphoric acid groups is 1. The quantitative estimate of drug-likeness (QED) is 0.0297. The molecule has 6 heterocycles. The van der Waals surface area contributed by atoms with Crippen LogP contribution in [0.15, 0.2) is 153 Å². The number of hydrogen-bond acceptors (Lipinski definition) is 13. The molecule has 0 bridgehead atoms. The van der Waals surface area contributed by atoms with Gasteiger partial charge in [-0.2, -0.15) is 0 Å². The molecule has 0 radical (unpaired) electrons. The van der Waals surface area contributed by atoms with E-state index in [9.17, 15) is 57.4 Å². The summed E-state index contributed by atoms with van der Waals surface area (Å²) in [5, 5.41) is 23.6. The molecule has 0 aliphatic heterocycles. The maximum Gasteiger partial charge on any atom is 0.472 e. The lowest BCUT2D eigenvalue weighted by Gasteiger charge is -2.13. The minimum Gasteiger partial charge on any atom is -0.480 e. The van der Waals surface area contributed by atoms with Gasteiger partial charge in [-0.05, 0) is 109 Å². The summed E-state index contributed by atoms with van der Waals surface area (Å²) < 4.78 is 27.4. The minimum absolute atomic E-state index is 0.0134. The molecule has 420 valence electrons. The fourth-order valence-electron chi connectivity index (χ4n) is 10.1. The van der Waals surface area contributed by atoms with Crippen LogP contribution in [-0.2, 0) is 36.3 Å². The molecule has 2 amide bonds. The van der Waals surface area contributed by atoms with Crippen molar-refractivity contribution >= 4 is 76.0 Å². The largest absolute Gasteiger partial charge is 0.480 e. The van der Waals surface area contributed by atoms with Crippen LogP contribution in [0.2, 0.25) is 0 Å². The standard InChI is InChI=1S/C58H47N8O16P/c1-31-47(43-13-3-5-21-63(43)49(31)51(71)35-15-17-39-41(27-35)61-57(77)65(55(39)75)29-45(67)68)33-9-7-11-37(25-33)53(73)59-19-23-81-83(79,80)82-24-20-60-54(74)38-12-8-10-34(26-38)48-32(2)50(64-22-6-4-14-44(48)64)52(72)36-16-18-40-42(28-36)62-58(78)66(56(40)76)30-46(69)70/h3-18,21-22,25-28H,19-20,23-24,29-30H2,1-2H3,(H,59,73)(H,60,74)(H,61,77)(H,62,78)(H,67,68)(H,69,70)(H,79,80). The molecule has 0 saturated carbocycles. The van der Waals surface area contributed by atoms with Crippen LogP contribution in [0.4, 0.5) is 0 Å². The predicted molar refractivity (Wildman–Crippen MR) is 301 cm³/mol. The van der Waals surface area contributed by atoms with Crippen LogP contribution in [0, 0.1) is 13.8 Å². The third kappa shape index (κ3) is 11.0. The Bertz CT molecular complexity index is 4410. The monoisotopic (exact) mass is 1140 g/mol. The number of carboxylic acid groups (broad SMARTS) is 2. The lowest BCUT2D eigenvalue weighted by molar-refractivity contribution is -0.138. The molecule has 83 heavy (non-hydrogen) atoms. The SMILES string of the molecule is Cc1c(-c2cccc(C(=O)NCCOP(=O)(O)OCCNC(=O)c3cccc(-c4c(C)c(C(=O)c5ccc6c(=O)n(CC(=O)O)c(=O)[nH]c6c5)n5ccccc45)c3)c2)c2ccccn2c1C(=O)c1ccc2c(=O)n(CC(=O)O)c(=O)[nH]c2c1. The number of aliphatic carboxylic acids is 2. The van der Waals surface area contributed by atoms with Crippen LogP contribution in [0.5, 0.6) is 0 Å². The van der Waals surface area contributed by atoms with Gasteiger partial charge in [0, 0.05) is 58.9 Å². The number of nitrogens with one attached hydrogen (secondary N) is 4. The molecule has 10 rings (SSSR count). The highest BCUT2D eigenvalue weighted by molar-refractivity contribution is 7.47. The summed E-state index contributed by atoms with van der Waals surface area (Å²) in [5.41, 5.74) is 2.57. The zero-order chi connectivity index (χ0) is 59.0. The average Bonchev–Trinajstić information content (AvgIpc) is 2.86. The van der Waals surface area contributed by atoms with Crippen molar-refractivity contribution in [1.82, 2.24) is 38.5 Å². The summed E-state index contributed by atoms with van der Waals surface area (Å²) in [7, 11) is -4.68. The van der Waals surface area contributed by atoms with Gasteiger partial charge >= 0.3 is 31.1 Å². The minimum atomic E-state index is -4.68. The van der Waals surface area contributed by atoms with Crippen molar-refractivity contribution in [2.75, 3.05) is 26.3 Å².